The standard InChI is InChI=1S/C6H13N3O/c1-7-6-8-9-2-4-10-5-3-9/h8H,1-6H2. The number of nitrogens with one attached hydrogen (secondary N) is 1. The second kappa shape index (κ2) is 4.38. The Labute approximate surface area is 60.8 Å². The largest absolute Gasteiger partial charge is 0.379 e. The average molecular weight is 143 g/mol. The molecule has 0 amide bonds. The molecule has 0 spiro atoms. The fraction of sp³-hybridized carbons (Fsp3) is 0.833. The van der Waals surface area contributed by atoms with E-state index in [0.717, 1.165) is 26.3 Å². The van der Waals surface area contributed by atoms with E-state index in [-0.39, 0.29) is 0 Å². The summed E-state index contributed by atoms with van der Waals surface area (Å²) < 4.78 is 5.15. The van der Waals surface area contributed by atoms with Gasteiger partial charge in [-0.1, -0.05) is 0 Å². The number of ether oxygens (including phenoxy) is 1. The van der Waals surface area contributed by atoms with Gasteiger partial charge in [0.15, 0.2) is 0 Å². The van der Waals surface area contributed by atoms with Gasteiger partial charge in [0.1, 0.15) is 6.67 Å². The summed E-state index contributed by atoms with van der Waals surface area (Å²) in [6.45, 7) is 7.47. The van der Waals surface area contributed by atoms with Crippen molar-refractivity contribution in [2.45, 2.75) is 0 Å². The number of hydrogen-bond donors (Lipinski definition) is 1. The van der Waals surface area contributed by atoms with E-state index in [1.165, 1.54) is 0 Å². The summed E-state index contributed by atoms with van der Waals surface area (Å²) in [5.41, 5.74) is 3.10. The predicted octanol–water partition coefficient (Wildman–Crippen LogP) is -0.519. The third kappa shape index (κ3) is 2.43. The lowest BCUT2D eigenvalue weighted by Gasteiger charge is -2.26. The summed E-state index contributed by atoms with van der Waals surface area (Å²) in [6, 6.07) is 0. The molecule has 0 unspecified atom stereocenters. The molecule has 0 aliphatic carbocycles. The van der Waals surface area contributed by atoms with Crippen molar-refractivity contribution in [2.24, 2.45) is 4.99 Å². The molecule has 4 nitrogen and oxygen atoms in total. The van der Waals surface area contributed by atoms with Crippen LogP contribution in [0.1, 0.15) is 0 Å². The summed E-state index contributed by atoms with van der Waals surface area (Å²) >= 11 is 0. The zero-order valence-electron chi connectivity index (χ0n) is 6.05. The minimum atomic E-state index is 0.597. The normalized spacial score (nSPS) is 20.8. The summed E-state index contributed by atoms with van der Waals surface area (Å²) in [5.74, 6) is 0. The van der Waals surface area contributed by atoms with Crippen LogP contribution in [-0.2, 0) is 4.74 Å². The van der Waals surface area contributed by atoms with Crippen molar-refractivity contribution in [3.8, 4) is 0 Å². The Morgan fingerprint density at radius 1 is 1.50 bits per heavy atom. The first-order valence-electron chi connectivity index (χ1n) is 3.42. The van der Waals surface area contributed by atoms with Crippen molar-refractivity contribution in [2.75, 3.05) is 33.0 Å². The second-order valence-electron chi connectivity index (χ2n) is 2.14. The molecule has 1 N–H and O–H groups in total. The van der Waals surface area contributed by atoms with E-state index in [1.54, 1.807) is 0 Å². The number of nitrogens with zero attached hydrogens (tertiary/aromatic N) is 2. The average Bonchev–Trinajstić information content (AvgIpc) is 2.03. The van der Waals surface area contributed by atoms with Crippen LogP contribution in [0.4, 0.5) is 0 Å². The van der Waals surface area contributed by atoms with Crippen LogP contribution in [0.2, 0.25) is 0 Å². The molecule has 1 saturated heterocycles. The molecule has 0 aromatic heterocycles. The summed E-state index contributed by atoms with van der Waals surface area (Å²) in [4.78, 5) is 3.69. The molecule has 1 heterocycles. The molecule has 1 aliphatic heterocycles. The number of hydrogen-bond acceptors (Lipinski definition) is 4. The van der Waals surface area contributed by atoms with Crippen LogP contribution in [0.25, 0.3) is 0 Å². The van der Waals surface area contributed by atoms with Gasteiger partial charge in [0.05, 0.1) is 13.2 Å². The molecule has 1 aliphatic rings. The number of morpholine rings is 1. The van der Waals surface area contributed by atoms with Crippen LogP contribution < -0.4 is 5.43 Å². The van der Waals surface area contributed by atoms with E-state index in [0.29, 0.717) is 6.67 Å². The van der Waals surface area contributed by atoms with Crippen molar-refractivity contribution in [3.05, 3.63) is 0 Å². The van der Waals surface area contributed by atoms with Crippen LogP contribution in [0.3, 0.4) is 0 Å². The van der Waals surface area contributed by atoms with Crippen molar-refractivity contribution < 1.29 is 4.74 Å². The first kappa shape index (κ1) is 7.65. The molecule has 0 aromatic rings. The lowest BCUT2D eigenvalue weighted by Crippen LogP contribution is -2.45. The molecule has 0 aromatic carbocycles. The van der Waals surface area contributed by atoms with Gasteiger partial charge in [-0.25, -0.2) is 10.4 Å². The fourth-order valence-electron chi connectivity index (χ4n) is 0.871. The highest BCUT2D eigenvalue weighted by Crippen LogP contribution is 1.90. The smallest absolute Gasteiger partial charge is 0.100 e. The maximum Gasteiger partial charge on any atom is 0.100 e. The van der Waals surface area contributed by atoms with Gasteiger partial charge in [0.25, 0.3) is 0 Å². The highest BCUT2D eigenvalue weighted by molar-refractivity contribution is 5.22. The molecular weight excluding hydrogens is 130 g/mol. The Morgan fingerprint density at radius 2 is 2.20 bits per heavy atom. The Morgan fingerprint density at radius 3 is 2.80 bits per heavy atom. The lowest BCUT2D eigenvalue weighted by molar-refractivity contribution is 0.0128. The molecule has 0 atom stereocenters. The minimum Gasteiger partial charge on any atom is -0.379 e. The molecule has 0 radical (unpaired) electrons. The molecule has 0 bridgehead atoms. The van der Waals surface area contributed by atoms with Gasteiger partial charge in [0.2, 0.25) is 0 Å². The van der Waals surface area contributed by atoms with E-state index in [1.807, 2.05) is 0 Å². The van der Waals surface area contributed by atoms with Crippen LogP contribution in [0.15, 0.2) is 4.99 Å². The second-order valence-corrected chi connectivity index (χ2v) is 2.14. The third-order valence-electron chi connectivity index (χ3n) is 1.42. The predicted molar refractivity (Wildman–Crippen MR) is 39.9 cm³/mol. The van der Waals surface area contributed by atoms with E-state index in [9.17, 15) is 0 Å². The first-order valence-corrected chi connectivity index (χ1v) is 3.42. The van der Waals surface area contributed by atoms with Crippen LogP contribution in [0.5, 0.6) is 0 Å². The maximum absolute atomic E-state index is 5.15. The van der Waals surface area contributed by atoms with Gasteiger partial charge in [-0.3, -0.25) is 4.99 Å². The lowest BCUT2D eigenvalue weighted by atomic mass is 10.5. The highest BCUT2D eigenvalue weighted by atomic mass is 16.5. The van der Waals surface area contributed by atoms with E-state index in [2.05, 4.69) is 22.1 Å². The zero-order chi connectivity index (χ0) is 7.23. The zero-order valence-corrected chi connectivity index (χ0v) is 6.05. The van der Waals surface area contributed by atoms with Crippen molar-refractivity contribution in [1.82, 2.24) is 10.4 Å². The van der Waals surface area contributed by atoms with Gasteiger partial charge in [0, 0.05) is 13.1 Å². The minimum absolute atomic E-state index is 0.597. The fourth-order valence-corrected chi connectivity index (χ4v) is 0.871. The Kier molecular flexibility index (Phi) is 3.35. The van der Waals surface area contributed by atoms with Gasteiger partial charge >= 0.3 is 0 Å². The Bertz CT molecular complexity index is 101. The summed E-state index contributed by atoms with van der Waals surface area (Å²) in [6.07, 6.45) is 0. The van der Waals surface area contributed by atoms with Gasteiger partial charge in [-0.2, -0.15) is 0 Å². The quantitative estimate of drug-likeness (QED) is 0.540. The number of aliphatic imine (C=N–C) groups is 1. The molecular formula is C6H13N3O. The van der Waals surface area contributed by atoms with Crippen LogP contribution >= 0.6 is 0 Å². The van der Waals surface area contributed by atoms with Crippen LogP contribution in [0, 0.1) is 0 Å². The summed E-state index contributed by atoms with van der Waals surface area (Å²) in [7, 11) is 0. The SMILES string of the molecule is C=NCNN1CCOCC1. The topological polar surface area (TPSA) is 36.9 Å². The molecule has 1 rings (SSSR count). The monoisotopic (exact) mass is 143 g/mol. The maximum atomic E-state index is 5.15. The van der Waals surface area contributed by atoms with E-state index in [4.69, 9.17) is 4.74 Å². The summed E-state index contributed by atoms with van der Waals surface area (Å²) in [5, 5.41) is 2.10. The Balaban J connectivity index is 2.07. The van der Waals surface area contributed by atoms with Crippen molar-refractivity contribution in [1.29, 1.82) is 0 Å². The van der Waals surface area contributed by atoms with Gasteiger partial charge in [-0.05, 0) is 6.72 Å². The van der Waals surface area contributed by atoms with E-state index < -0.39 is 0 Å². The van der Waals surface area contributed by atoms with Crippen LogP contribution in [-0.4, -0.2) is 44.7 Å². The molecule has 10 heavy (non-hydrogen) atoms. The Hall–Kier alpha value is -0.450. The highest BCUT2D eigenvalue weighted by Gasteiger charge is 2.07. The first-order chi connectivity index (χ1) is 4.93. The molecule has 58 valence electrons. The van der Waals surface area contributed by atoms with Crippen molar-refractivity contribution >= 4 is 6.72 Å². The van der Waals surface area contributed by atoms with Gasteiger partial charge in [-0.15, -0.1) is 0 Å². The van der Waals surface area contributed by atoms with Crippen molar-refractivity contribution in [3.63, 3.8) is 0 Å². The van der Waals surface area contributed by atoms with E-state index >= 15 is 0 Å². The number of rotatable bonds is 3. The van der Waals surface area contributed by atoms with Gasteiger partial charge < -0.3 is 4.74 Å². The molecule has 1 fully saturated rings. The molecule has 0 saturated carbocycles. The third-order valence-corrected chi connectivity index (χ3v) is 1.42. The number of hydrazine groups is 1. The molecule has 4 heteroatoms.